The van der Waals surface area contributed by atoms with Crippen molar-refractivity contribution in [3.05, 3.63) is 21.4 Å². The van der Waals surface area contributed by atoms with Gasteiger partial charge in [0.25, 0.3) is 0 Å². The van der Waals surface area contributed by atoms with Gasteiger partial charge in [-0.2, -0.15) is 0 Å². The first-order chi connectivity index (χ1) is 7.94. The van der Waals surface area contributed by atoms with Crippen molar-refractivity contribution in [2.45, 2.75) is 27.3 Å². The van der Waals surface area contributed by atoms with Gasteiger partial charge in [-0.25, -0.2) is 13.1 Å². The third-order valence-electron chi connectivity index (χ3n) is 2.48. The van der Waals surface area contributed by atoms with E-state index >= 15 is 0 Å². The van der Waals surface area contributed by atoms with Gasteiger partial charge in [-0.1, -0.05) is 6.92 Å². The van der Waals surface area contributed by atoms with Crippen LogP contribution < -0.4 is 10.0 Å². The predicted molar refractivity (Wildman–Crippen MR) is 73.0 cm³/mol. The zero-order valence-electron chi connectivity index (χ0n) is 10.5. The van der Waals surface area contributed by atoms with Gasteiger partial charge in [0, 0.05) is 22.8 Å². The molecule has 0 fully saturated rings. The molecule has 0 saturated heterocycles. The summed E-state index contributed by atoms with van der Waals surface area (Å²) < 4.78 is 25.9. The minimum atomic E-state index is -3.16. The Morgan fingerprint density at radius 3 is 2.59 bits per heavy atom. The van der Waals surface area contributed by atoms with Crippen LogP contribution in [-0.4, -0.2) is 27.3 Å². The zero-order valence-corrected chi connectivity index (χ0v) is 12.2. The van der Waals surface area contributed by atoms with Crippen molar-refractivity contribution in [2.24, 2.45) is 0 Å². The van der Waals surface area contributed by atoms with E-state index in [1.165, 1.54) is 10.4 Å². The van der Waals surface area contributed by atoms with E-state index in [2.05, 4.69) is 10.0 Å². The van der Waals surface area contributed by atoms with Gasteiger partial charge in [0.05, 0.1) is 5.75 Å². The van der Waals surface area contributed by atoms with E-state index in [0.29, 0.717) is 13.1 Å². The van der Waals surface area contributed by atoms with Gasteiger partial charge in [-0.05, 0) is 32.0 Å². The van der Waals surface area contributed by atoms with Crippen LogP contribution >= 0.6 is 11.3 Å². The molecule has 0 aliphatic carbocycles. The maximum Gasteiger partial charge on any atom is 0.213 e. The van der Waals surface area contributed by atoms with Crippen molar-refractivity contribution < 1.29 is 8.42 Å². The third kappa shape index (κ3) is 5.16. The number of hydrogen-bond donors (Lipinski definition) is 2. The maximum absolute atomic E-state index is 11.6. The molecule has 0 amide bonds. The van der Waals surface area contributed by atoms with Gasteiger partial charge in [0.2, 0.25) is 10.0 Å². The van der Waals surface area contributed by atoms with Crippen molar-refractivity contribution in [3.8, 4) is 0 Å². The fourth-order valence-electron chi connectivity index (χ4n) is 1.37. The molecule has 0 unspecified atom stereocenters. The first-order valence-corrected chi connectivity index (χ1v) is 8.15. The van der Waals surface area contributed by atoms with E-state index in [4.69, 9.17) is 0 Å². The number of rotatable bonds is 7. The molecule has 1 aromatic heterocycles. The lowest BCUT2D eigenvalue weighted by Crippen LogP contribution is -2.31. The van der Waals surface area contributed by atoms with Crippen LogP contribution in [0.3, 0.4) is 0 Å². The molecule has 6 heteroatoms. The van der Waals surface area contributed by atoms with Crippen LogP contribution in [0.15, 0.2) is 6.07 Å². The van der Waals surface area contributed by atoms with Crippen molar-refractivity contribution in [3.63, 3.8) is 0 Å². The maximum atomic E-state index is 11.6. The van der Waals surface area contributed by atoms with Crippen LogP contribution in [0.25, 0.3) is 0 Å². The van der Waals surface area contributed by atoms with Crippen LogP contribution in [0.2, 0.25) is 0 Å². The van der Waals surface area contributed by atoms with Gasteiger partial charge in [0.15, 0.2) is 0 Å². The van der Waals surface area contributed by atoms with Crippen LogP contribution in [0.1, 0.15) is 22.2 Å². The topological polar surface area (TPSA) is 58.2 Å². The Morgan fingerprint density at radius 1 is 1.35 bits per heavy atom. The first kappa shape index (κ1) is 14.6. The average Bonchev–Trinajstić information content (AvgIpc) is 2.56. The van der Waals surface area contributed by atoms with Crippen LogP contribution in [0.4, 0.5) is 0 Å². The molecule has 0 bridgehead atoms. The normalized spacial score (nSPS) is 11.9. The molecule has 1 heterocycles. The molecule has 0 aliphatic heterocycles. The predicted octanol–water partition coefficient (Wildman–Crippen LogP) is 1.39. The Balaban J connectivity index is 2.44. The first-order valence-electron chi connectivity index (χ1n) is 5.68. The summed E-state index contributed by atoms with van der Waals surface area (Å²) in [6, 6.07) is 2.03. The highest BCUT2D eigenvalue weighted by atomic mass is 32.2. The number of thiophene rings is 1. The molecule has 0 radical (unpaired) electrons. The minimum Gasteiger partial charge on any atom is -0.316 e. The fourth-order valence-corrected chi connectivity index (χ4v) is 3.39. The summed E-state index contributed by atoms with van der Waals surface area (Å²) in [6.07, 6.45) is 0. The standard InChI is InChI=1S/C11H20N2O2S2/c1-4-12-5-6-17(14,15)13-8-11-7-9(2)10(3)16-11/h7,12-13H,4-6,8H2,1-3H3. The Hall–Kier alpha value is -0.430. The summed E-state index contributed by atoms with van der Waals surface area (Å²) in [5.41, 5.74) is 1.22. The second-order valence-electron chi connectivity index (χ2n) is 3.95. The summed E-state index contributed by atoms with van der Waals surface area (Å²) in [5.74, 6) is 0.129. The molecule has 0 aromatic carbocycles. The molecule has 1 rings (SSSR count). The SMILES string of the molecule is CCNCCS(=O)(=O)NCc1cc(C)c(C)s1. The Labute approximate surface area is 107 Å². The lowest BCUT2D eigenvalue weighted by molar-refractivity contribution is 0.578. The molecule has 0 atom stereocenters. The third-order valence-corrected chi connectivity index (χ3v) is 4.96. The summed E-state index contributed by atoms with van der Waals surface area (Å²) in [4.78, 5) is 2.30. The largest absolute Gasteiger partial charge is 0.316 e. The van der Waals surface area contributed by atoms with Crippen molar-refractivity contribution in [2.75, 3.05) is 18.8 Å². The fraction of sp³-hybridized carbons (Fsp3) is 0.636. The van der Waals surface area contributed by atoms with Crippen molar-refractivity contribution >= 4 is 21.4 Å². The van der Waals surface area contributed by atoms with Gasteiger partial charge in [0.1, 0.15) is 0 Å². The number of hydrogen-bond acceptors (Lipinski definition) is 4. The minimum absolute atomic E-state index is 0.129. The Kier molecular flexibility index (Phi) is 5.58. The van der Waals surface area contributed by atoms with E-state index in [1.807, 2.05) is 26.8 Å². The lowest BCUT2D eigenvalue weighted by atomic mass is 10.3. The Bertz CT molecular complexity index is 433. The zero-order chi connectivity index (χ0) is 12.9. The molecule has 98 valence electrons. The lowest BCUT2D eigenvalue weighted by Gasteiger charge is -2.05. The summed E-state index contributed by atoms with van der Waals surface area (Å²) >= 11 is 1.64. The molecule has 0 aliphatic rings. The highest BCUT2D eigenvalue weighted by Gasteiger charge is 2.10. The van der Waals surface area contributed by atoms with Crippen molar-refractivity contribution in [1.82, 2.24) is 10.0 Å². The second kappa shape index (κ2) is 6.49. The highest BCUT2D eigenvalue weighted by molar-refractivity contribution is 7.89. The molecule has 0 spiro atoms. The Morgan fingerprint density at radius 2 is 2.06 bits per heavy atom. The second-order valence-corrected chi connectivity index (χ2v) is 7.21. The molecular formula is C11H20N2O2S2. The van der Waals surface area contributed by atoms with Crippen LogP contribution in [-0.2, 0) is 16.6 Å². The molecule has 1 aromatic rings. The molecule has 17 heavy (non-hydrogen) atoms. The van der Waals surface area contributed by atoms with Gasteiger partial charge < -0.3 is 5.32 Å². The van der Waals surface area contributed by atoms with E-state index in [0.717, 1.165) is 11.4 Å². The number of sulfonamides is 1. The molecule has 2 N–H and O–H groups in total. The average molecular weight is 276 g/mol. The van der Waals surface area contributed by atoms with E-state index in [1.54, 1.807) is 11.3 Å². The smallest absolute Gasteiger partial charge is 0.213 e. The monoisotopic (exact) mass is 276 g/mol. The van der Waals surface area contributed by atoms with E-state index in [9.17, 15) is 8.42 Å². The van der Waals surface area contributed by atoms with E-state index in [-0.39, 0.29) is 5.75 Å². The summed E-state index contributed by atoms with van der Waals surface area (Å²) in [7, 11) is -3.16. The van der Waals surface area contributed by atoms with Crippen LogP contribution in [0.5, 0.6) is 0 Å². The van der Waals surface area contributed by atoms with E-state index < -0.39 is 10.0 Å². The number of nitrogens with one attached hydrogen (secondary N) is 2. The summed E-state index contributed by atoms with van der Waals surface area (Å²) in [5, 5.41) is 3.00. The van der Waals surface area contributed by atoms with Gasteiger partial charge in [-0.3, -0.25) is 0 Å². The molecular weight excluding hydrogens is 256 g/mol. The van der Waals surface area contributed by atoms with Gasteiger partial charge in [-0.15, -0.1) is 11.3 Å². The van der Waals surface area contributed by atoms with Crippen LogP contribution in [0, 0.1) is 13.8 Å². The van der Waals surface area contributed by atoms with Gasteiger partial charge >= 0.3 is 0 Å². The molecule has 4 nitrogen and oxygen atoms in total. The quantitative estimate of drug-likeness (QED) is 0.740. The van der Waals surface area contributed by atoms with Crippen molar-refractivity contribution in [1.29, 1.82) is 0 Å². The number of aryl methyl sites for hydroxylation is 2. The highest BCUT2D eigenvalue weighted by Crippen LogP contribution is 2.20. The molecule has 0 saturated carbocycles. The summed E-state index contributed by atoms with van der Waals surface area (Å²) in [6.45, 7) is 7.72.